The van der Waals surface area contributed by atoms with Crippen LogP contribution in [0.1, 0.15) is 16.8 Å². The molecule has 0 saturated carbocycles. The van der Waals surface area contributed by atoms with Crippen LogP contribution in [-0.4, -0.2) is 38.1 Å². The smallest absolute Gasteiger partial charge is 0.313 e. The number of nitrogens with zero attached hydrogens (tertiary/aromatic N) is 1. The number of pyridine rings is 1. The van der Waals surface area contributed by atoms with Gasteiger partial charge in [-0.3, -0.25) is 9.59 Å². The van der Waals surface area contributed by atoms with E-state index in [0.717, 1.165) is 0 Å². The molecule has 1 rings (SSSR count). The van der Waals surface area contributed by atoms with Gasteiger partial charge in [0.25, 0.3) is 0 Å². The number of carbonyl (C=O) groups excluding carboxylic acids is 2. The van der Waals surface area contributed by atoms with Crippen LogP contribution < -0.4 is 9.47 Å². The quantitative estimate of drug-likeness (QED) is 0.430. The number of esters is 1. The van der Waals surface area contributed by atoms with Crippen molar-refractivity contribution in [1.29, 1.82) is 0 Å². The lowest BCUT2D eigenvalue weighted by Crippen LogP contribution is -2.12. The third-order valence-corrected chi connectivity index (χ3v) is 2.10. The number of ketones is 1. The van der Waals surface area contributed by atoms with Gasteiger partial charge in [-0.2, -0.15) is 0 Å². The lowest BCUT2D eigenvalue weighted by Gasteiger charge is -2.10. The molecule has 1 heterocycles. The van der Waals surface area contributed by atoms with Gasteiger partial charge in [-0.15, -0.1) is 0 Å². The number of carbonyl (C=O) groups is 2. The second-order valence-corrected chi connectivity index (χ2v) is 3.07. The molecule has 0 aliphatic carbocycles. The molecular formula is C11H13NO5. The van der Waals surface area contributed by atoms with Crippen molar-refractivity contribution in [1.82, 2.24) is 4.98 Å². The Morgan fingerprint density at radius 1 is 1.24 bits per heavy atom. The zero-order valence-electron chi connectivity index (χ0n) is 9.85. The van der Waals surface area contributed by atoms with Gasteiger partial charge in [-0.1, -0.05) is 0 Å². The van der Waals surface area contributed by atoms with Crippen molar-refractivity contribution in [2.45, 2.75) is 6.42 Å². The third kappa shape index (κ3) is 2.93. The van der Waals surface area contributed by atoms with E-state index in [1.54, 1.807) is 0 Å². The van der Waals surface area contributed by atoms with Gasteiger partial charge in [-0.05, 0) is 6.07 Å². The van der Waals surface area contributed by atoms with Gasteiger partial charge in [0, 0.05) is 6.20 Å². The number of rotatable bonds is 5. The van der Waals surface area contributed by atoms with E-state index in [-0.39, 0.29) is 17.9 Å². The van der Waals surface area contributed by atoms with E-state index in [0.29, 0.717) is 5.75 Å². The number of Topliss-reactive ketones (excluding diaryl/α,β-unsaturated/α-hetero) is 1. The van der Waals surface area contributed by atoms with Gasteiger partial charge < -0.3 is 14.2 Å². The molecule has 6 heteroatoms. The van der Waals surface area contributed by atoms with Crippen molar-refractivity contribution >= 4 is 11.8 Å². The largest absolute Gasteiger partial charge is 0.496 e. The zero-order valence-corrected chi connectivity index (χ0v) is 9.85. The van der Waals surface area contributed by atoms with Crippen molar-refractivity contribution in [3.05, 3.63) is 17.8 Å². The first-order valence-electron chi connectivity index (χ1n) is 4.81. The Kier molecular flexibility index (Phi) is 4.45. The first kappa shape index (κ1) is 13.0. The second-order valence-electron chi connectivity index (χ2n) is 3.07. The minimum Gasteiger partial charge on any atom is -0.496 e. The van der Waals surface area contributed by atoms with Crippen LogP contribution in [0.3, 0.4) is 0 Å². The van der Waals surface area contributed by atoms with Crippen molar-refractivity contribution < 1.29 is 23.8 Å². The van der Waals surface area contributed by atoms with Crippen LogP contribution in [0.25, 0.3) is 0 Å². The van der Waals surface area contributed by atoms with Gasteiger partial charge in [0.05, 0.1) is 21.3 Å². The van der Waals surface area contributed by atoms with Crippen LogP contribution in [0.5, 0.6) is 11.6 Å². The van der Waals surface area contributed by atoms with Gasteiger partial charge in [0.1, 0.15) is 17.7 Å². The molecular weight excluding hydrogens is 226 g/mol. The average molecular weight is 239 g/mol. The first-order chi connectivity index (χ1) is 8.13. The van der Waals surface area contributed by atoms with Crippen LogP contribution in [-0.2, 0) is 9.53 Å². The van der Waals surface area contributed by atoms with Crippen LogP contribution in [0.15, 0.2) is 12.3 Å². The van der Waals surface area contributed by atoms with Gasteiger partial charge >= 0.3 is 5.97 Å². The molecule has 1 aromatic heterocycles. The average Bonchev–Trinajstić information content (AvgIpc) is 2.37. The summed E-state index contributed by atoms with van der Waals surface area (Å²) in [4.78, 5) is 26.8. The molecule has 0 bridgehead atoms. The summed E-state index contributed by atoms with van der Waals surface area (Å²) in [5, 5.41) is 0. The molecule has 0 aliphatic rings. The Hall–Kier alpha value is -2.11. The maximum Gasteiger partial charge on any atom is 0.313 e. The molecule has 92 valence electrons. The normalized spacial score (nSPS) is 9.59. The number of hydrogen-bond donors (Lipinski definition) is 0. The van der Waals surface area contributed by atoms with E-state index >= 15 is 0 Å². The van der Waals surface area contributed by atoms with Crippen LogP contribution in [0.4, 0.5) is 0 Å². The molecule has 0 saturated heterocycles. The van der Waals surface area contributed by atoms with Crippen molar-refractivity contribution in [3.63, 3.8) is 0 Å². The maximum atomic E-state index is 11.9. The fraction of sp³-hybridized carbons (Fsp3) is 0.364. The fourth-order valence-corrected chi connectivity index (χ4v) is 1.30. The SMILES string of the molecule is COC(=O)CC(=O)c1c(OC)ccnc1OC. The third-order valence-electron chi connectivity index (χ3n) is 2.10. The summed E-state index contributed by atoms with van der Waals surface area (Å²) in [6.45, 7) is 0. The highest BCUT2D eigenvalue weighted by Gasteiger charge is 2.21. The summed E-state index contributed by atoms with van der Waals surface area (Å²) in [5.74, 6) is -0.648. The summed E-state index contributed by atoms with van der Waals surface area (Å²) >= 11 is 0. The maximum absolute atomic E-state index is 11.9. The molecule has 0 aromatic carbocycles. The first-order valence-corrected chi connectivity index (χ1v) is 4.81. The Bertz CT molecular complexity index is 408. The van der Waals surface area contributed by atoms with Crippen LogP contribution in [0, 0.1) is 0 Å². The lowest BCUT2D eigenvalue weighted by atomic mass is 10.1. The number of methoxy groups -OCH3 is 3. The van der Waals surface area contributed by atoms with Crippen molar-refractivity contribution in [2.75, 3.05) is 21.3 Å². The number of ether oxygens (including phenoxy) is 3. The molecule has 0 radical (unpaired) electrons. The molecule has 0 atom stereocenters. The molecule has 0 N–H and O–H groups in total. The Labute approximate surface area is 98.5 Å². The zero-order chi connectivity index (χ0) is 12.8. The summed E-state index contributed by atoms with van der Waals surface area (Å²) < 4.78 is 14.4. The van der Waals surface area contributed by atoms with Crippen molar-refractivity contribution in [3.8, 4) is 11.6 Å². The standard InChI is InChI=1S/C11H13NO5/c1-15-8-4-5-12-11(17-3)10(8)7(13)6-9(14)16-2/h4-5H,6H2,1-3H3. The number of hydrogen-bond acceptors (Lipinski definition) is 6. The van der Waals surface area contributed by atoms with Gasteiger partial charge in [0.15, 0.2) is 5.78 Å². The summed E-state index contributed by atoms with van der Waals surface area (Å²) in [5.41, 5.74) is 0.142. The van der Waals surface area contributed by atoms with Gasteiger partial charge in [0.2, 0.25) is 5.88 Å². The van der Waals surface area contributed by atoms with E-state index in [4.69, 9.17) is 9.47 Å². The molecule has 0 spiro atoms. The Balaban J connectivity index is 3.09. The molecule has 0 amide bonds. The van der Waals surface area contributed by atoms with Crippen LogP contribution in [0.2, 0.25) is 0 Å². The van der Waals surface area contributed by atoms with E-state index in [1.165, 1.54) is 33.6 Å². The summed E-state index contributed by atoms with van der Waals surface area (Å²) in [7, 11) is 4.02. The van der Waals surface area contributed by atoms with E-state index in [9.17, 15) is 9.59 Å². The van der Waals surface area contributed by atoms with Crippen molar-refractivity contribution in [2.24, 2.45) is 0 Å². The molecule has 17 heavy (non-hydrogen) atoms. The fourth-order valence-electron chi connectivity index (χ4n) is 1.30. The topological polar surface area (TPSA) is 74.7 Å². The van der Waals surface area contributed by atoms with Gasteiger partial charge in [-0.25, -0.2) is 4.98 Å². The molecule has 6 nitrogen and oxygen atoms in total. The minimum atomic E-state index is -0.622. The summed E-state index contributed by atoms with van der Waals surface area (Å²) in [6, 6.07) is 1.52. The van der Waals surface area contributed by atoms with Crippen LogP contribution >= 0.6 is 0 Å². The highest BCUT2D eigenvalue weighted by atomic mass is 16.5. The highest BCUT2D eigenvalue weighted by Crippen LogP contribution is 2.27. The molecule has 0 aliphatic heterocycles. The van der Waals surface area contributed by atoms with E-state index in [2.05, 4.69) is 9.72 Å². The summed E-state index contributed by atoms with van der Waals surface area (Å²) in [6.07, 6.45) is 1.07. The Morgan fingerprint density at radius 3 is 2.47 bits per heavy atom. The highest BCUT2D eigenvalue weighted by molar-refractivity contribution is 6.08. The van der Waals surface area contributed by atoms with E-state index in [1.807, 2.05) is 0 Å². The van der Waals surface area contributed by atoms with E-state index < -0.39 is 11.8 Å². The second kappa shape index (κ2) is 5.83. The minimum absolute atomic E-state index is 0.123. The lowest BCUT2D eigenvalue weighted by molar-refractivity contribution is -0.139. The number of aromatic nitrogens is 1. The predicted octanol–water partition coefficient (Wildman–Crippen LogP) is 0.845. The molecule has 0 fully saturated rings. The monoisotopic (exact) mass is 239 g/mol. The molecule has 1 aromatic rings. The predicted molar refractivity (Wildman–Crippen MR) is 58.3 cm³/mol. The Morgan fingerprint density at radius 2 is 1.94 bits per heavy atom. The molecule has 0 unspecified atom stereocenters.